The first-order valence-electron chi connectivity index (χ1n) is 11.0. The first-order chi connectivity index (χ1) is 15.9. The Labute approximate surface area is 195 Å². The van der Waals surface area contributed by atoms with Gasteiger partial charge in [0.25, 0.3) is 15.9 Å². The lowest BCUT2D eigenvalue weighted by atomic mass is 9.90. The normalized spacial score (nSPS) is 14.6. The van der Waals surface area contributed by atoms with Crippen LogP contribution in [0.3, 0.4) is 0 Å². The van der Waals surface area contributed by atoms with E-state index >= 15 is 0 Å². The Bertz CT molecular complexity index is 1170. The number of nitrogens with zero attached hydrogens (tertiary/aromatic N) is 1. The first kappa shape index (κ1) is 22.9. The number of amides is 1. The molecule has 1 heterocycles. The Balaban J connectivity index is 1.35. The van der Waals surface area contributed by atoms with E-state index in [0.717, 1.165) is 32.4 Å². The highest BCUT2D eigenvalue weighted by Gasteiger charge is 2.24. The molecule has 0 spiro atoms. The lowest BCUT2D eigenvalue weighted by Gasteiger charge is -2.32. The fourth-order valence-electron chi connectivity index (χ4n) is 4.12. The predicted octanol–water partition coefficient (Wildman–Crippen LogP) is 4.59. The van der Waals surface area contributed by atoms with Crippen LogP contribution in [-0.4, -0.2) is 39.4 Å². The van der Waals surface area contributed by atoms with E-state index in [4.69, 9.17) is 4.74 Å². The molecule has 0 saturated carbocycles. The average Bonchev–Trinajstić information content (AvgIpc) is 2.85. The van der Waals surface area contributed by atoms with Crippen molar-refractivity contribution in [1.29, 1.82) is 0 Å². The van der Waals surface area contributed by atoms with Crippen LogP contribution >= 0.6 is 0 Å². The molecule has 33 heavy (non-hydrogen) atoms. The van der Waals surface area contributed by atoms with Gasteiger partial charge < -0.3 is 9.64 Å². The molecule has 1 fully saturated rings. The molecule has 0 unspecified atom stereocenters. The topological polar surface area (TPSA) is 75.7 Å². The number of hydrogen-bond donors (Lipinski definition) is 1. The largest absolute Gasteiger partial charge is 0.497 e. The van der Waals surface area contributed by atoms with E-state index in [1.54, 1.807) is 43.5 Å². The number of ether oxygens (including phenoxy) is 1. The molecule has 0 atom stereocenters. The fraction of sp³-hybridized carbons (Fsp3) is 0.269. The standard InChI is InChI=1S/C26H28N2O4S/c1-32-24-11-9-23(10-12-24)27-33(30,31)25-13-7-22(8-14-25)26(29)28-17-15-21(16-18-28)19-20-5-3-2-4-6-20/h2-14,21,27H,15-19H2,1H3. The summed E-state index contributed by atoms with van der Waals surface area (Å²) in [5.74, 6) is 1.16. The number of piperidine rings is 1. The summed E-state index contributed by atoms with van der Waals surface area (Å²) in [6, 6.07) is 23.2. The van der Waals surface area contributed by atoms with E-state index in [1.165, 1.54) is 17.7 Å². The highest BCUT2D eigenvalue weighted by Crippen LogP contribution is 2.24. The van der Waals surface area contributed by atoms with Crippen LogP contribution in [0.15, 0.2) is 83.8 Å². The van der Waals surface area contributed by atoms with E-state index in [2.05, 4.69) is 29.0 Å². The molecule has 0 aromatic heterocycles. The zero-order chi connectivity index (χ0) is 23.3. The molecule has 1 saturated heterocycles. The number of nitrogens with one attached hydrogen (secondary N) is 1. The number of anilines is 1. The first-order valence-corrected chi connectivity index (χ1v) is 12.5. The van der Waals surface area contributed by atoms with Gasteiger partial charge in [-0.3, -0.25) is 9.52 Å². The van der Waals surface area contributed by atoms with Gasteiger partial charge in [-0.1, -0.05) is 30.3 Å². The quantitative estimate of drug-likeness (QED) is 0.555. The van der Waals surface area contributed by atoms with Crippen molar-refractivity contribution in [3.8, 4) is 5.75 Å². The highest BCUT2D eigenvalue weighted by molar-refractivity contribution is 7.92. The third-order valence-electron chi connectivity index (χ3n) is 6.02. The Kier molecular flexibility index (Phi) is 6.99. The van der Waals surface area contributed by atoms with Crippen molar-refractivity contribution in [3.05, 3.63) is 90.0 Å². The van der Waals surface area contributed by atoms with Crippen LogP contribution in [-0.2, 0) is 16.4 Å². The van der Waals surface area contributed by atoms with Gasteiger partial charge in [-0.2, -0.15) is 0 Å². The monoisotopic (exact) mass is 464 g/mol. The maximum absolute atomic E-state index is 12.9. The van der Waals surface area contributed by atoms with Gasteiger partial charge in [0.2, 0.25) is 0 Å². The van der Waals surface area contributed by atoms with Crippen molar-refractivity contribution >= 4 is 21.6 Å². The summed E-state index contributed by atoms with van der Waals surface area (Å²) in [4.78, 5) is 14.9. The van der Waals surface area contributed by atoms with Crippen LogP contribution < -0.4 is 9.46 Å². The van der Waals surface area contributed by atoms with Gasteiger partial charge in [-0.05, 0) is 79.3 Å². The van der Waals surface area contributed by atoms with Crippen molar-refractivity contribution in [1.82, 2.24) is 4.90 Å². The molecule has 3 aromatic carbocycles. The summed E-state index contributed by atoms with van der Waals surface area (Å²) in [7, 11) is -2.20. The molecule has 1 aliphatic heterocycles. The molecule has 3 aromatic rings. The van der Waals surface area contributed by atoms with Gasteiger partial charge in [0.15, 0.2) is 0 Å². The van der Waals surface area contributed by atoms with E-state index < -0.39 is 10.0 Å². The zero-order valence-electron chi connectivity index (χ0n) is 18.6. The molecular weight excluding hydrogens is 436 g/mol. The Morgan fingerprint density at radius 2 is 1.58 bits per heavy atom. The number of sulfonamides is 1. The summed E-state index contributed by atoms with van der Waals surface area (Å²) >= 11 is 0. The number of carbonyl (C=O) groups excluding carboxylic acids is 1. The van der Waals surface area contributed by atoms with Gasteiger partial charge in [-0.15, -0.1) is 0 Å². The maximum atomic E-state index is 12.9. The molecule has 1 N–H and O–H groups in total. The smallest absolute Gasteiger partial charge is 0.261 e. The van der Waals surface area contributed by atoms with Gasteiger partial charge in [0, 0.05) is 24.3 Å². The number of rotatable bonds is 7. The predicted molar refractivity (Wildman–Crippen MR) is 129 cm³/mol. The summed E-state index contributed by atoms with van der Waals surface area (Å²) in [6.45, 7) is 1.44. The number of carbonyl (C=O) groups is 1. The van der Waals surface area contributed by atoms with Crippen molar-refractivity contribution in [3.63, 3.8) is 0 Å². The van der Waals surface area contributed by atoms with Crippen LogP contribution in [0.4, 0.5) is 5.69 Å². The van der Waals surface area contributed by atoms with E-state index in [1.807, 2.05) is 11.0 Å². The lowest BCUT2D eigenvalue weighted by Crippen LogP contribution is -2.38. The third-order valence-corrected chi connectivity index (χ3v) is 7.42. The van der Waals surface area contributed by atoms with E-state index in [0.29, 0.717) is 22.9 Å². The lowest BCUT2D eigenvalue weighted by molar-refractivity contribution is 0.0690. The second-order valence-electron chi connectivity index (χ2n) is 8.28. The summed E-state index contributed by atoms with van der Waals surface area (Å²) in [6.07, 6.45) is 2.98. The molecule has 0 radical (unpaired) electrons. The third kappa shape index (κ3) is 5.73. The Hall–Kier alpha value is -3.32. The number of methoxy groups -OCH3 is 1. The van der Waals surface area contributed by atoms with Crippen molar-refractivity contribution < 1.29 is 17.9 Å². The Morgan fingerprint density at radius 3 is 2.18 bits per heavy atom. The second-order valence-corrected chi connectivity index (χ2v) is 9.97. The van der Waals surface area contributed by atoms with Crippen LogP contribution in [0.2, 0.25) is 0 Å². The van der Waals surface area contributed by atoms with Gasteiger partial charge in [0.1, 0.15) is 5.75 Å². The van der Waals surface area contributed by atoms with Crippen LogP contribution in [0.5, 0.6) is 5.75 Å². The highest BCUT2D eigenvalue weighted by atomic mass is 32.2. The van der Waals surface area contributed by atoms with E-state index in [-0.39, 0.29) is 10.8 Å². The van der Waals surface area contributed by atoms with Crippen LogP contribution in [0.25, 0.3) is 0 Å². The van der Waals surface area contributed by atoms with E-state index in [9.17, 15) is 13.2 Å². The minimum Gasteiger partial charge on any atom is -0.497 e. The fourth-order valence-corrected chi connectivity index (χ4v) is 5.18. The molecule has 7 heteroatoms. The molecule has 1 aliphatic rings. The zero-order valence-corrected chi connectivity index (χ0v) is 19.4. The van der Waals surface area contributed by atoms with Gasteiger partial charge in [0.05, 0.1) is 12.0 Å². The van der Waals surface area contributed by atoms with Gasteiger partial charge in [-0.25, -0.2) is 8.42 Å². The number of benzene rings is 3. The molecule has 6 nitrogen and oxygen atoms in total. The molecule has 4 rings (SSSR count). The Morgan fingerprint density at radius 1 is 0.939 bits per heavy atom. The minimum atomic E-state index is -3.75. The van der Waals surface area contributed by atoms with Crippen LogP contribution in [0, 0.1) is 5.92 Å². The SMILES string of the molecule is COc1ccc(NS(=O)(=O)c2ccc(C(=O)N3CCC(Cc4ccccc4)CC3)cc2)cc1. The van der Waals surface area contributed by atoms with Crippen molar-refractivity contribution in [2.45, 2.75) is 24.2 Å². The summed E-state index contributed by atoms with van der Waals surface area (Å²) < 4.78 is 33.0. The molecule has 0 aliphatic carbocycles. The van der Waals surface area contributed by atoms with Crippen LogP contribution in [0.1, 0.15) is 28.8 Å². The average molecular weight is 465 g/mol. The molecule has 172 valence electrons. The molecule has 0 bridgehead atoms. The second kappa shape index (κ2) is 10.1. The van der Waals surface area contributed by atoms with Gasteiger partial charge >= 0.3 is 0 Å². The summed E-state index contributed by atoms with van der Waals surface area (Å²) in [5, 5.41) is 0. The summed E-state index contributed by atoms with van der Waals surface area (Å²) in [5.41, 5.74) is 2.27. The van der Waals surface area contributed by atoms with Crippen molar-refractivity contribution in [2.24, 2.45) is 5.92 Å². The maximum Gasteiger partial charge on any atom is 0.261 e. The number of likely N-dealkylation sites (tertiary alicyclic amines) is 1. The van der Waals surface area contributed by atoms with Crippen molar-refractivity contribution in [2.75, 3.05) is 24.9 Å². The minimum absolute atomic E-state index is 0.0553. The number of hydrogen-bond acceptors (Lipinski definition) is 4. The molecular formula is C26H28N2O4S. The molecule has 1 amide bonds.